The molecule has 1 aromatic carbocycles. The Balaban J connectivity index is 2.84. The summed E-state index contributed by atoms with van der Waals surface area (Å²) in [6, 6.07) is 6.09. The molecule has 0 bridgehead atoms. The van der Waals surface area contributed by atoms with Crippen LogP contribution in [0.1, 0.15) is 32.8 Å². The van der Waals surface area contributed by atoms with Gasteiger partial charge in [0.2, 0.25) is 6.41 Å². The average Bonchev–Trinajstić information content (AvgIpc) is 2.41. The average molecular weight is 265 g/mol. The minimum absolute atomic E-state index is 0.157. The second-order valence-electron chi connectivity index (χ2n) is 4.24. The van der Waals surface area contributed by atoms with Crippen molar-refractivity contribution in [3.05, 3.63) is 23.8 Å². The van der Waals surface area contributed by atoms with Gasteiger partial charge in [-0.3, -0.25) is 4.79 Å². The summed E-state index contributed by atoms with van der Waals surface area (Å²) in [5.74, 6) is 1.53. The second kappa shape index (κ2) is 8.40. The topological polar surface area (TPSA) is 47.6 Å². The Hall–Kier alpha value is -1.71. The fraction of sp³-hybridized carbons (Fsp3) is 0.533. The molecule has 1 aromatic rings. The van der Waals surface area contributed by atoms with E-state index in [2.05, 4.69) is 12.2 Å². The second-order valence-corrected chi connectivity index (χ2v) is 4.24. The highest BCUT2D eigenvalue weighted by Crippen LogP contribution is 2.29. The Morgan fingerprint density at radius 2 is 1.84 bits per heavy atom. The van der Waals surface area contributed by atoms with E-state index in [1.165, 1.54) is 0 Å². The molecule has 1 atom stereocenters. The van der Waals surface area contributed by atoms with Crippen LogP contribution < -0.4 is 14.8 Å². The van der Waals surface area contributed by atoms with Gasteiger partial charge >= 0.3 is 0 Å². The number of benzene rings is 1. The first-order chi connectivity index (χ1) is 9.24. The summed E-state index contributed by atoms with van der Waals surface area (Å²) >= 11 is 0. The van der Waals surface area contributed by atoms with E-state index in [0.717, 1.165) is 36.3 Å². The van der Waals surface area contributed by atoms with Crippen LogP contribution in [0, 0.1) is 0 Å². The van der Waals surface area contributed by atoms with Crippen LogP contribution in [-0.2, 0) is 11.2 Å². The van der Waals surface area contributed by atoms with Crippen LogP contribution in [0.4, 0.5) is 0 Å². The predicted octanol–water partition coefficient (Wildman–Crippen LogP) is 2.55. The smallest absolute Gasteiger partial charge is 0.207 e. The maximum atomic E-state index is 10.5. The number of ether oxygens (including phenoxy) is 2. The largest absolute Gasteiger partial charge is 0.490 e. The molecular formula is C15H23NO3. The molecule has 106 valence electrons. The van der Waals surface area contributed by atoms with E-state index in [9.17, 15) is 4.79 Å². The van der Waals surface area contributed by atoms with Gasteiger partial charge in [0, 0.05) is 6.04 Å². The molecule has 0 radical (unpaired) electrons. The van der Waals surface area contributed by atoms with Gasteiger partial charge in [0.25, 0.3) is 0 Å². The van der Waals surface area contributed by atoms with Crippen molar-refractivity contribution >= 4 is 6.41 Å². The van der Waals surface area contributed by atoms with E-state index < -0.39 is 0 Å². The van der Waals surface area contributed by atoms with Gasteiger partial charge in [0.05, 0.1) is 13.2 Å². The van der Waals surface area contributed by atoms with Crippen molar-refractivity contribution in [3.63, 3.8) is 0 Å². The summed E-state index contributed by atoms with van der Waals surface area (Å²) in [4.78, 5) is 10.5. The third-order valence-electron chi connectivity index (χ3n) is 2.89. The molecular weight excluding hydrogens is 242 g/mol. The minimum Gasteiger partial charge on any atom is -0.490 e. The van der Waals surface area contributed by atoms with E-state index >= 15 is 0 Å². The molecule has 1 N–H and O–H groups in total. The number of nitrogens with one attached hydrogen (secondary N) is 1. The molecule has 4 heteroatoms. The lowest BCUT2D eigenvalue weighted by atomic mass is 10.0. The highest BCUT2D eigenvalue weighted by molar-refractivity contribution is 5.47. The predicted molar refractivity (Wildman–Crippen MR) is 75.8 cm³/mol. The number of carbonyl (C=O) groups excluding carboxylic acids is 1. The Kier molecular flexibility index (Phi) is 6.79. The third kappa shape index (κ3) is 4.81. The Morgan fingerprint density at radius 3 is 2.42 bits per heavy atom. The fourth-order valence-corrected chi connectivity index (χ4v) is 1.92. The van der Waals surface area contributed by atoms with Crippen LogP contribution in [0.25, 0.3) is 0 Å². The monoisotopic (exact) mass is 265 g/mol. The number of amides is 1. The SMILES string of the molecule is CCOc1ccc(C[C@@H](CC)NC=O)cc1OCC. The number of carbonyl (C=O) groups is 1. The van der Waals surface area contributed by atoms with Crippen molar-refractivity contribution in [2.24, 2.45) is 0 Å². The van der Waals surface area contributed by atoms with Gasteiger partial charge in [0.15, 0.2) is 11.5 Å². The standard InChI is InChI=1S/C15H23NO3/c1-4-13(16-11-17)9-12-7-8-14(18-5-2)15(10-12)19-6-3/h7-8,10-11,13H,4-6,9H2,1-3H3,(H,16,17)/t13-/m1/s1. The molecule has 0 aliphatic rings. The van der Waals surface area contributed by atoms with Gasteiger partial charge in [-0.15, -0.1) is 0 Å². The summed E-state index contributed by atoms with van der Waals surface area (Å²) in [5, 5.41) is 2.82. The molecule has 0 spiro atoms. The van der Waals surface area contributed by atoms with Gasteiger partial charge in [-0.1, -0.05) is 13.0 Å². The highest BCUT2D eigenvalue weighted by Gasteiger charge is 2.10. The summed E-state index contributed by atoms with van der Waals surface area (Å²) in [5.41, 5.74) is 1.13. The first-order valence-electron chi connectivity index (χ1n) is 6.83. The number of hydrogen-bond acceptors (Lipinski definition) is 3. The maximum absolute atomic E-state index is 10.5. The van der Waals surface area contributed by atoms with Crippen molar-refractivity contribution in [2.75, 3.05) is 13.2 Å². The fourth-order valence-electron chi connectivity index (χ4n) is 1.92. The first-order valence-corrected chi connectivity index (χ1v) is 6.83. The van der Waals surface area contributed by atoms with Crippen LogP contribution in [0.2, 0.25) is 0 Å². The minimum atomic E-state index is 0.157. The summed E-state index contributed by atoms with van der Waals surface area (Å²) < 4.78 is 11.1. The lowest BCUT2D eigenvalue weighted by Crippen LogP contribution is -2.29. The molecule has 0 fully saturated rings. The quantitative estimate of drug-likeness (QED) is 0.698. The van der Waals surface area contributed by atoms with Gasteiger partial charge in [-0.2, -0.15) is 0 Å². The Bertz CT molecular complexity index is 393. The van der Waals surface area contributed by atoms with E-state index in [4.69, 9.17) is 9.47 Å². The van der Waals surface area contributed by atoms with Crippen LogP contribution in [0.5, 0.6) is 11.5 Å². The molecule has 1 rings (SSSR count). The maximum Gasteiger partial charge on any atom is 0.207 e. The van der Waals surface area contributed by atoms with Crippen molar-refractivity contribution in [1.29, 1.82) is 0 Å². The Morgan fingerprint density at radius 1 is 1.16 bits per heavy atom. The number of rotatable bonds is 9. The van der Waals surface area contributed by atoms with Crippen molar-refractivity contribution < 1.29 is 14.3 Å². The van der Waals surface area contributed by atoms with E-state index in [1.807, 2.05) is 32.0 Å². The van der Waals surface area contributed by atoms with Crippen LogP contribution in [0.3, 0.4) is 0 Å². The first kappa shape index (κ1) is 15.3. The summed E-state index contributed by atoms with van der Waals surface area (Å²) in [6.45, 7) is 7.17. The van der Waals surface area contributed by atoms with Crippen molar-refractivity contribution in [2.45, 2.75) is 39.7 Å². The molecule has 0 aromatic heterocycles. The lowest BCUT2D eigenvalue weighted by Gasteiger charge is -2.16. The van der Waals surface area contributed by atoms with E-state index in [-0.39, 0.29) is 6.04 Å². The highest BCUT2D eigenvalue weighted by atomic mass is 16.5. The van der Waals surface area contributed by atoms with Crippen molar-refractivity contribution in [1.82, 2.24) is 5.32 Å². The molecule has 19 heavy (non-hydrogen) atoms. The normalized spacial score (nSPS) is 11.7. The van der Waals surface area contributed by atoms with E-state index in [1.54, 1.807) is 0 Å². The van der Waals surface area contributed by atoms with Gasteiger partial charge in [-0.25, -0.2) is 0 Å². The number of hydrogen-bond donors (Lipinski definition) is 1. The van der Waals surface area contributed by atoms with Crippen molar-refractivity contribution in [3.8, 4) is 11.5 Å². The molecule has 1 amide bonds. The molecule has 0 aliphatic heterocycles. The van der Waals surface area contributed by atoms with Crippen LogP contribution >= 0.6 is 0 Å². The lowest BCUT2D eigenvalue weighted by molar-refractivity contribution is -0.110. The molecule has 0 saturated carbocycles. The third-order valence-corrected chi connectivity index (χ3v) is 2.89. The molecule has 0 saturated heterocycles. The van der Waals surface area contributed by atoms with Crippen LogP contribution in [-0.4, -0.2) is 25.7 Å². The van der Waals surface area contributed by atoms with Gasteiger partial charge in [0.1, 0.15) is 0 Å². The molecule has 0 aliphatic carbocycles. The molecule has 4 nitrogen and oxygen atoms in total. The Labute approximate surface area is 115 Å². The molecule has 0 unspecified atom stereocenters. The van der Waals surface area contributed by atoms with Gasteiger partial charge < -0.3 is 14.8 Å². The zero-order chi connectivity index (χ0) is 14.1. The summed E-state index contributed by atoms with van der Waals surface area (Å²) in [6.07, 6.45) is 2.45. The van der Waals surface area contributed by atoms with Crippen LogP contribution in [0.15, 0.2) is 18.2 Å². The zero-order valence-corrected chi connectivity index (χ0v) is 11.9. The summed E-state index contributed by atoms with van der Waals surface area (Å²) in [7, 11) is 0. The van der Waals surface area contributed by atoms with E-state index in [0.29, 0.717) is 13.2 Å². The van der Waals surface area contributed by atoms with Gasteiger partial charge in [-0.05, 0) is 44.4 Å². The zero-order valence-electron chi connectivity index (χ0n) is 11.9. The molecule has 0 heterocycles.